The molecule has 5 heteroatoms. The Morgan fingerprint density at radius 3 is 2.44 bits per heavy atom. The zero-order valence-electron chi connectivity index (χ0n) is 20.3. The number of allylic oxidation sites excluding steroid dienone is 4. The van der Waals surface area contributed by atoms with E-state index in [0.29, 0.717) is 22.9 Å². The number of rotatable bonds is 8. The van der Waals surface area contributed by atoms with E-state index >= 15 is 8.78 Å². The highest BCUT2D eigenvalue weighted by molar-refractivity contribution is 6.04. The van der Waals surface area contributed by atoms with E-state index in [4.69, 9.17) is 0 Å². The molecule has 1 heterocycles. The van der Waals surface area contributed by atoms with Gasteiger partial charge in [-0.25, -0.2) is 8.78 Å². The van der Waals surface area contributed by atoms with Crippen LogP contribution in [0.3, 0.4) is 0 Å². The Labute approximate surface area is 200 Å². The predicted octanol–water partition coefficient (Wildman–Crippen LogP) is 7.81. The number of β-lactam (4-membered cyclic amide) rings is 1. The van der Waals surface area contributed by atoms with Gasteiger partial charge >= 0.3 is 0 Å². The van der Waals surface area contributed by atoms with E-state index in [9.17, 15) is 4.79 Å². The Morgan fingerprint density at radius 1 is 1.21 bits per heavy atom. The lowest BCUT2D eigenvalue weighted by Gasteiger charge is -2.48. The summed E-state index contributed by atoms with van der Waals surface area (Å²) in [5.74, 6) is -1.20. The van der Waals surface area contributed by atoms with E-state index in [-0.39, 0.29) is 17.4 Å². The lowest BCUT2D eigenvalue weighted by Crippen LogP contribution is -2.56. The maximum atomic E-state index is 15.7. The van der Waals surface area contributed by atoms with Crippen LogP contribution in [0.2, 0.25) is 0 Å². The van der Waals surface area contributed by atoms with Gasteiger partial charge < -0.3 is 4.90 Å². The Bertz CT molecular complexity index is 1150. The van der Waals surface area contributed by atoms with Crippen LogP contribution in [0.4, 0.5) is 20.2 Å². The van der Waals surface area contributed by atoms with E-state index in [1.54, 1.807) is 24.3 Å². The van der Waals surface area contributed by atoms with Crippen molar-refractivity contribution in [3.8, 4) is 0 Å². The number of nitrogens with zero attached hydrogens (tertiary/aromatic N) is 2. The van der Waals surface area contributed by atoms with Crippen LogP contribution in [0.1, 0.15) is 64.1 Å². The number of carbonyl (C=O) groups excluding carboxylic acids is 1. The number of anilines is 1. The van der Waals surface area contributed by atoms with Gasteiger partial charge in [0.15, 0.2) is 0 Å². The molecule has 2 fully saturated rings. The van der Waals surface area contributed by atoms with Crippen LogP contribution in [-0.4, -0.2) is 12.6 Å². The standard InChI is InChI=1S/C29H32F2N2O/c1-6-18(4)23(13-10-17(2)3)20-14-24(30)27(25(31)15-20)28-26(19-11-12-19)29(34)33(28)22-9-7-8-21(16-22)32-5/h7-10,13-17,19,26,28H,5-6,11-12H2,1-4H3/b13-10-,23-18-. The van der Waals surface area contributed by atoms with Crippen molar-refractivity contribution in [1.82, 2.24) is 0 Å². The third kappa shape index (κ3) is 4.48. The summed E-state index contributed by atoms with van der Waals surface area (Å²) in [6.07, 6.45) is 6.61. The molecule has 0 radical (unpaired) electrons. The number of carbonyl (C=O) groups is 1. The highest BCUT2D eigenvalue weighted by atomic mass is 19.1. The fourth-order valence-electron chi connectivity index (χ4n) is 4.75. The van der Waals surface area contributed by atoms with Crippen LogP contribution in [0.5, 0.6) is 0 Å². The minimum absolute atomic E-state index is 0.0291. The molecule has 2 atom stereocenters. The largest absolute Gasteiger partial charge is 0.303 e. The van der Waals surface area contributed by atoms with Crippen LogP contribution in [0.15, 0.2) is 59.1 Å². The van der Waals surface area contributed by atoms with Gasteiger partial charge in [-0.05, 0) is 86.2 Å². The Kier molecular flexibility index (Phi) is 6.83. The molecule has 2 unspecified atom stereocenters. The molecule has 34 heavy (non-hydrogen) atoms. The van der Waals surface area contributed by atoms with Crippen molar-refractivity contribution in [1.29, 1.82) is 0 Å². The average Bonchev–Trinajstić information content (AvgIpc) is 3.62. The fourth-order valence-corrected chi connectivity index (χ4v) is 4.75. The lowest BCUT2D eigenvalue weighted by atomic mass is 9.77. The molecule has 1 amide bonds. The monoisotopic (exact) mass is 462 g/mol. The number of hydrogen-bond donors (Lipinski definition) is 0. The third-order valence-corrected chi connectivity index (χ3v) is 6.89. The molecule has 2 aromatic rings. The molecule has 2 aliphatic rings. The SMILES string of the molecule is C=Nc1cccc(N2C(=O)C(C3CC3)C2c2c(F)cc(C(/C=C\C(C)C)=C(/C)CC)cc2F)c1. The first-order valence-electron chi connectivity index (χ1n) is 12.0. The molecule has 0 N–H and O–H groups in total. The topological polar surface area (TPSA) is 32.7 Å². The quantitative estimate of drug-likeness (QED) is 0.224. The maximum Gasteiger partial charge on any atom is 0.233 e. The molecule has 1 aliphatic heterocycles. The molecular weight excluding hydrogens is 430 g/mol. The molecule has 4 rings (SSSR count). The maximum absolute atomic E-state index is 15.7. The number of aliphatic imine (C=N–C) groups is 1. The van der Waals surface area contributed by atoms with E-state index in [0.717, 1.165) is 30.4 Å². The second kappa shape index (κ2) is 9.65. The van der Waals surface area contributed by atoms with Gasteiger partial charge in [0.25, 0.3) is 0 Å². The van der Waals surface area contributed by atoms with Gasteiger partial charge in [0.05, 0.1) is 17.6 Å². The zero-order chi connectivity index (χ0) is 24.6. The van der Waals surface area contributed by atoms with Crippen molar-refractivity contribution >= 4 is 29.6 Å². The van der Waals surface area contributed by atoms with Crippen LogP contribution in [0.25, 0.3) is 5.57 Å². The van der Waals surface area contributed by atoms with Gasteiger partial charge in [-0.3, -0.25) is 9.79 Å². The highest BCUT2D eigenvalue weighted by Gasteiger charge is 2.56. The summed E-state index contributed by atoms with van der Waals surface area (Å²) in [6, 6.07) is 9.23. The molecule has 0 aromatic heterocycles. The minimum Gasteiger partial charge on any atom is -0.303 e. The molecule has 0 spiro atoms. The molecule has 3 nitrogen and oxygen atoms in total. The van der Waals surface area contributed by atoms with Crippen molar-refractivity contribution < 1.29 is 13.6 Å². The van der Waals surface area contributed by atoms with Gasteiger partial charge in [-0.1, -0.05) is 44.6 Å². The molecule has 1 aliphatic carbocycles. The van der Waals surface area contributed by atoms with Gasteiger partial charge in [-0.2, -0.15) is 0 Å². The third-order valence-electron chi connectivity index (χ3n) is 6.89. The summed E-state index contributed by atoms with van der Waals surface area (Å²) >= 11 is 0. The van der Waals surface area contributed by atoms with Crippen molar-refractivity contribution in [2.24, 2.45) is 22.7 Å². The molecular formula is C29H32F2N2O. The molecule has 2 aromatic carbocycles. The number of halogens is 2. The Morgan fingerprint density at radius 2 is 1.88 bits per heavy atom. The summed E-state index contributed by atoms with van der Waals surface area (Å²) in [5, 5.41) is 0. The van der Waals surface area contributed by atoms with E-state index in [1.165, 1.54) is 17.0 Å². The van der Waals surface area contributed by atoms with Crippen LogP contribution in [0, 0.1) is 29.4 Å². The first kappa shape index (κ1) is 24.1. The van der Waals surface area contributed by atoms with Crippen LogP contribution < -0.4 is 4.90 Å². The van der Waals surface area contributed by atoms with E-state index in [2.05, 4.69) is 25.6 Å². The second-order valence-electron chi connectivity index (χ2n) is 9.70. The normalized spacial score (nSPS) is 21.1. The second-order valence-corrected chi connectivity index (χ2v) is 9.70. The molecule has 1 saturated heterocycles. The molecule has 0 bridgehead atoms. The number of benzene rings is 2. The van der Waals surface area contributed by atoms with Crippen molar-refractivity contribution in [3.63, 3.8) is 0 Å². The summed E-state index contributed by atoms with van der Waals surface area (Å²) in [7, 11) is 0. The van der Waals surface area contributed by atoms with E-state index < -0.39 is 23.6 Å². The Balaban J connectivity index is 1.79. The van der Waals surface area contributed by atoms with Crippen LogP contribution in [-0.2, 0) is 4.79 Å². The first-order valence-corrected chi connectivity index (χ1v) is 12.0. The van der Waals surface area contributed by atoms with Crippen molar-refractivity contribution in [3.05, 3.63) is 76.9 Å². The van der Waals surface area contributed by atoms with Gasteiger partial charge in [0.1, 0.15) is 11.6 Å². The lowest BCUT2D eigenvalue weighted by molar-refractivity contribution is -0.131. The summed E-state index contributed by atoms with van der Waals surface area (Å²) < 4.78 is 31.3. The van der Waals surface area contributed by atoms with Gasteiger partial charge in [-0.15, -0.1) is 0 Å². The van der Waals surface area contributed by atoms with Crippen molar-refractivity contribution in [2.45, 2.75) is 53.0 Å². The minimum atomic E-state index is -0.667. The predicted molar refractivity (Wildman–Crippen MR) is 135 cm³/mol. The summed E-state index contributed by atoms with van der Waals surface area (Å²) in [5.41, 5.74) is 3.59. The number of amides is 1. The fraction of sp³-hybridized carbons (Fsp3) is 0.379. The van der Waals surface area contributed by atoms with Gasteiger partial charge in [0.2, 0.25) is 5.91 Å². The zero-order valence-corrected chi connectivity index (χ0v) is 20.3. The average molecular weight is 463 g/mol. The smallest absolute Gasteiger partial charge is 0.233 e. The van der Waals surface area contributed by atoms with Gasteiger partial charge in [0, 0.05) is 11.3 Å². The first-order chi connectivity index (χ1) is 16.3. The Hall–Kier alpha value is -3.08. The summed E-state index contributed by atoms with van der Waals surface area (Å²) in [6.45, 7) is 11.7. The van der Waals surface area contributed by atoms with Crippen LogP contribution >= 0.6 is 0 Å². The van der Waals surface area contributed by atoms with Crippen molar-refractivity contribution in [2.75, 3.05) is 4.90 Å². The van der Waals surface area contributed by atoms with E-state index in [1.807, 2.05) is 26.0 Å². The molecule has 178 valence electrons. The summed E-state index contributed by atoms with van der Waals surface area (Å²) in [4.78, 5) is 18.6. The highest BCUT2D eigenvalue weighted by Crippen LogP contribution is 2.55. The number of hydrogen-bond acceptors (Lipinski definition) is 2. The molecule has 1 saturated carbocycles.